The Morgan fingerprint density at radius 2 is 2.18 bits per heavy atom. The van der Waals surface area contributed by atoms with Crippen LogP contribution >= 0.6 is 11.8 Å². The van der Waals surface area contributed by atoms with Crippen LogP contribution in [0.15, 0.2) is 50.8 Å². The molecule has 1 fully saturated rings. The van der Waals surface area contributed by atoms with Crippen molar-refractivity contribution in [3.8, 4) is 0 Å². The molecule has 2 aromatic heterocycles. The van der Waals surface area contributed by atoms with Crippen molar-refractivity contribution in [2.24, 2.45) is 0 Å². The average Bonchev–Trinajstić information content (AvgIpc) is 3.40. The van der Waals surface area contributed by atoms with E-state index in [0.717, 1.165) is 19.4 Å². The van der Waals surface area contributed by atoms with Gasteiger partial charge in [-0.2, -0.15) is 0 Å². The number of fused-ring (bicyclic) bond motifs is 1. The number of nitrogens with zero attached hydrogens (tertiary/aromatic N) is 2. The number of furan rings is 1. The van der Waals surface area contributed by atoms with Crippen LogP contribution in [0.1, 0.15) is 29.2 Å². The van der Waals surface area contributed by atoms with E-state index in [1.54, 1.807) is 22.8 Å². The maximum atomic E-state index is 13.1. The SMILES string of the molecule is COC(=O)c1ccc(CSc2nc3ccccc3c(=O)n2C[C@@H]2CCCO2)o1. The van der Waals surface area contributed by atoms with Gasteiger partial charge in [0.25, 0.3) is 5.56 Å². The fourth-order valence-electron chi connectivity index (χ4n) is 3.21. The molecule has 0 spiro atoms. The molecule has 8 heteroatoms. The number of methoxy groups -OCH3 is 1. The van der Waals surface area contributed by atoms with Crippen LogP contribution < -0.4 is 5.56 Å². The second-order valence-electron chi connectivity index (χ2n) is 6.51. The van der Waals surface area contributed by atoms with Crippen LogP contribution in [0.5, 0.6) is 0 Å². The average molecular weight is 400 g/mol. The summed E-state index contributed by atoms with van der Waals surface area (Å²) in [5, 5.41) is 1.20. The number of rotatable bonds is 6. The Hall–Kier alpha value is -2.58. The predicted molar refractivity (Wildman–Crippen MR) is 105 cm³/mol. The molecule has 1 aromatic carbocycles. The minimum Gasteiger partial charge on any atom is -0.463 e. The van der Waals surface area contributed by atoms with E-state index in [0.29, 0.717) is 34.1 Å². The number of hydrogen-bond donors (Lipinski definition) is 0. The zero-order chi connectivity index (χ0) is 19.5. The number of carbonyl (C=O) groups excluding carboxylic acids is 1. The molecule has 1 atom stereocenters. The molecule has 0 saturated carbocycles. The van der Waals surface area contributed by atoms with Gasteiger partial charge in [0, 0.05) is 6.61 Å². The first-order chi connectivity index (χ1) is 13.7. The lowest BCUT2D eigenvalue weighted by Crippen LogP contribution is -2.28. The quantitative estimate of drug-likeness (QED) is 0.357. The van der Waals surface area contributed by atoms with Gasteiger partial charge in [-0.3, -0.25) is 9.36 Å². The van der Waals surface area contributed by atoms with Crippen molar-refractivity contribution in [3.05, 3.63) is 58.3 Å². The van der Waals surface area contributed by atoms with Gasteiger partial charge in [0.2, 0.25) is 5.76 Å². The first kappa shape index (κ1) is 18.8. The summed E-state index contributed by atoms with van der Waals surface area (Å²) in [6.07, 6.45) is 1.96. The maximum Gasteiger partial charge on any atom is 0.373 e. The minimum atomic E-state index is -0.518. The summed E-state index contributed by atoms with van der Waals surface area (Å²) in [4.78, 5) is 29.3. The van der Waals surface area contributed by atoms with E-state index in [2.05, 4.69) is 9.72 Å². The smallest absolute Gasteiger partial charge is 0.373 e. The van der Waals surface area contributed by atoms with Crippen LogP contribution in [0, 0.1) is 0 Å². The third-order valence-electron chi connectivity index (χ3n) is 4.63. The van der Waals surface area contributed by atoms with E-state index < -0.39 is 5.97 Å². The van der Waals surface area contributed by atoms with Crippen LogP contribution in [0.25, 0.3) is 10.9 Å². The third-order valence-corrected chi connectivity index (χ3v) is 5.63. The van der Waals surface area contributed by atoms with Crippen molar-refractivity contribution in [1.82, 2.24) is 9.55 Å². The molecular weight excluding hydrogens is 380 g/mol. The van der Waals surface area contributed by atoms with E-state index in [-0.39, 0.29) is 17.4 Å². The highest BCUT2D eigenvalue weighted by molar-refractivity contribution is 7.98. The van der Waals surface area contributed by atoms with Gasteiger partial charge in [-0.05, 0) is 37.1 Å². The molecule has 1 aliphatic rings. The second-order valence-corrected chi connectivity index (χ2v) is 7.45. The van der Waals surface area contributed by atoms with Crippen molar-refractivity contribution in [2.75, 3.05) is 13.7 Å². The summed E-state index contributed by atoms with van der Waals surface area (Å²) in [6.45, 7) is 1.20. The number of para-hydroxylation sites is 1. The van der Waals surface area contributed by atoms with Crippen molar-refractivity contribution in [1.29, 1.82) is 0 Å². The number of ether oxygens (including phenoxy) is 2. The van der Waals surface area contributed by atoms with E-state index in [4.69, 9.17) is 9.15 Å². The Bertz CT molecular complexity index is 1050. The van der Waals surface area contributed by atoms with E-state index in [1.165, 1.54) is 18.9 Å². The lowest BCUT2D eigenvalue weighted by molar-refractivity contribution is 0.0563. The Morgan fingerprint density at radius 3 is 2.96 bits per heavy atom. The third kappa shape index (κ3) is 3.83. The summed E-state index contributed by atoms with van der Waals surface area (Å²) >= 11 is 1.40. The summed E-state index contributed by atoms with van der Waals surface area (Å²) in [6, 6.07) is 10.6. The summed E-state index contributed by atoms with van der Waals surface area (Å²) in [5.41, 5.74) is 0.589. The molecule has 0 unspecified atom stereocenters. The number of thioether (sulfide) groups is 1. The zero-order valence-electron chi connectivity index (χ0n) is 15.4. The monoisotopic (exact) mass is 400 g/mol. The lowest BCUT2D eigenvalue weighted by atomic mass is 10.2. The molecule has 0 bridgehead atoms. The highest BCUT2D eigenvalue weighted by atomic mass is 32.2. The van der Waals surface area contributed by atoms with Crippen LogP contribution in [0.2, 0.25) is 0 Å². The number of benzene rings is 1. The molecule has 28 heavy (non-hydrogen) atoms. The molecule has 0 aliphatic carbocycles. The van der Waals surface area contributed by atoms with Crippen molar-refractivity contribution in [3.63, 3.8) is 0 Å². The van der Waals surface area contributed by atoms with Gasteiger partial charge in [0.1, 0.15) is 5.76 Å². The predicted octanol–water partition coefficient (Wildman–Crippen LogP) is 3.25. The molecular formula is C20H20N2O5S. The van der Waals surface area contributed by atoms with E-state index in [1.807, 2.05) is 18.2 Å². The second kappa shape index (κ2) is 8.20. The molecule has 0 N–H and O–H groups in total. The topological polar surface area (TPSA) is 83.6 Å². The number of aromatic nitrogens is 2. The molecule has 0 amide bonds. The van der Waals surface area contributed by atoms with Gasteiger partial charge in [0.15, 0.2) is 5.16 Å². The van der Waals surface area contributed by atoms with Crippen molar-refractivity contribution < 1.29 is 18.7 Å². The fourth-order valence-corrected chi connectivity index (χ4v) is 4.11. The van der Waals surface area contributed by atoms with E-state index >= 15 is 0 Å². The highest BCUT2D eigenvalue weighted by Crippen LogP contribution is 2.25. The fraction of sp³-hybridized carbons (Fsp3) is 0.350. The van der Waals surface area contributed by atoms with Gasteiger partial charge < -0.3 is 13.9 Å². The van der Waals surface area contributed by atoms with Gasteiger partial charge in [-0.15, -0.1) is 0 Å². The van der Waals surface area contributed by atoms with Crippen LogP contribution in [0.3, 0.4) is 0 Å². The van der Waals surface area contributed by atoms with Gasteiger partial charge in [-0.1, -0.05) is 23.9 Å². The number of carbonyl (C=O) groups is 1. The minimum absolute atomic E-state index is 0.0227. The van der Waals surface area contributed by atoms with Crippen LogP contribution in [-0.4, -0.2) is 35.3 Å². The highest BCUT2D eigenvalue weighted by Gasteiger charge is 2.20. The molecule has 4 rings (SSSR count). The molecule has 146 valence electrons. The van der Waals surface area contributed by atoms with Crippen LogP contribution in [0.4, 0.5) is 0 Å². The molecule has 7 nitrogen and oxygen atoms in total. The Labute approximate surface area is 165 Å². The standard InChI is InChI=1S/C20H20N2O5S/c1-25-19(24)17-9-8-14(27-17)12-28-20-21-16-7-3-2-6-15(16)18(23)22(20)11-13-5-4-10-26-13/h2-3,6-9,13H,4-5,10-12H2,1H3/t13-/m0/s1. The normalized spacial score (nSPS) is 16.5. The largest absolute Gasteiger partial charge is 0.463 e. The van der Waals surface area contributed by atoms with Crippen LogP contribution in [-0.2, 0) is 21.8 Å². The molecule has 1 saturated heterocycles. The Kier molecular flexibility index (Phi) is 5.50. The Balaban J connectivity index is 1.63. The summed E-state index contributed by atoms with van der Waals surface area (Å²) in [7, 11) is 1.31. The summed E-state index contributed by atoms with van der Waals surface area (Å²) < 4.78 is 17.6. The van der Waals surface area contributed by atoms with Gasteiger partial charge >= 0.3 is 5.97 Å². The first-order valence-corrected chi connectivity index (χ1v) is 10.1. The van der Waals surface area contributed by atoms with Gasteiger partial charge in [0.05, 0.1) is 36.4 Å². The summed E-state index contributed by atoms with van der Waals surface area (Å²) in [5.74, 6) is 0.681. The van der Waals surface area contributed by atoms with Crippen molar-refractivity contribution >= 4 is 28.6 Å². The molecule has 3 aromatic rings. The lowest BCUT2D eigenvalue weighted by Gasteiger charge is -2.16. The molecule has 3 heterocycles. The zero-order valence-corrected chi connectivity index (χ0v) is 16.2. The number of hydrogen-bond acceptors (Lipinski definition) is 7. The van der Waals surface area contributed by atoms with Gasteiger partial charge in [-0.25, -0.2) is 9.78 Å². The van der Waals surface area contributed by atoms with E-state index in [9.17, 15) is 9.59 Å². The molecule has 0 radical (unpaired) electrons. The molecule has 1 aliphatic heterocycles. The number of esters is 1. The van der Waals surface area contributed by atoms with Crippen molar-refractivity contribution in [2.45, 2.75) is 36.4 Å². The Morgan fingerprint density at radius 1 is 1.32 bits per heavy atom. The maximum absolute atomic E-state index is 13.1. The first-order valence-electron chi connectivity index (χ1n) is 9.06.